The molecule has 0 aromatic heterocycles. The van der Waals surface area contributed by atoms with Crippen molar-refractivity contribution in [3.8, 4) is 0 Å². The third-order valence-corrected chi connectivity index (χ3v) is 5.59. The van der Waals surface area contributed by atoms with Gasteiger partial charge < -0.3 is 10.2 Å². The molecule has 2 aromatic rings. The first-order valence-electron chi connectivity index (χ1n) is 9.05. The summed E-state index contributed by atoms with van der Waals surface area (Å²) in [5.41, 5.74) is 1.32. The first-order valence-corrected chi connectivity index (χ1v) is 10.6. The van der Waals surface area contributed by atoms with Crippen molar-refractivity contribution in [1.82, 2.24) is 10.2 Å². The van der Waals surface area contributed by atoms with Crippen molar-refractivity contribution in [2.45, 2.75) is 32.2 Å². The zero-order valence-electron chi connectivity index (χ0n) is 16.0. The van der Waals surface area contributed by atoms with Gasteiger partial charge in [-0.25, -0.2) is 4.39 Å². The average Bonchev–Trinajstić information content (AvgIpc) is 2.68. The smallest absolute Gasteiger partial charge is 0.242 e. The van der Waals surface area contributed by atoms with Crippen LogP contribution in [0.1, 0.15) is 25.0 Å². The van der Waals surface area contributed by atoms with Crippen LogP contribution < -0.4 is 5.32 Å². The molecule has 28 heavy (non-hydrogen) atoms. The number of hydrogen-bond donors (Lipinski definition) is 1. The molecule has 2 amide bonds. The number of carbonyl (C=O) groups excluding carboxylic acids is 2. The Kier molecular flexibility index (Phi) is 8.80. The first-order chi connectivity index (χ1) is 13.4. The molecule has 4 nitrogen and oxygen atoms in total. The second kappa shape index (κ2) is 11.1. The van der Waals surface area contributed by atoms with Gasteiger partial charge in [0.05, 0.1) is 5.75 Å². The Bertz CT molecular complexity index is 818. The minimum Gasteiger partial charge on any atom is -0.355 e. The highest BCUT2D eigenvalue weighted by atomic mass is 35.5. The molecule has 0 unspecified atom stereocenters. The van der Waals surface area contributed by atoms with Crippen molar-refractivity contribution in [3.63, 3.8) is 0 Å². The summed E-state index contributed by atoms with van der Waals surface area (Å²) in [5.74, 6) is -0.177. The number of nitrogens with one attached hydrogen (secondary N) is 1. The highest BCUT2D eigenvalue weighted by Gasteiger charge is 2.26. The number of rotatable bonds is 9. The lowest BCUT2D eigenvalue weighted by Crippen LogP contribution is -2.48. The van der Waals surface area contributed by atoms with E-state index in [1.165, 1.54) is 22.7 Å². The average molecular weight is 423 g/mol. The summed E-state index contributed by atoms with van der Waals surface area (Å²) in [7, 11) is 0. The number of likely N-dealkylation sites (N-methyl/N-ethyl adjacent to an activating group) is 1. The predicted molar refractivity (Wildman–Crippen MR) is 113 cm³/mol. The molecule has 0 aliphatic carbocycles. The van der Waals surface area contributed by atoms with Crippen LogP contribution in [-0.2, 0) is 21.9 Å². The molecular formula is C21H24ClFN2O2S. The van der Waals surface area contributed by atoms with Crippen molar-refractivity contribution < 1.29 is 14.0 Å². The van der Waals surface area contributed by atoms with E-state index in [1.807, 2.05) is 25.1 Å². The number of carbonyl (C=O) groups is 2. The maximum absolute atomic E-state index is 13.7. The molecule has 0 saturated carbocycles. The van der Waals surface area contributed by atoms with Crippen LogP contribution in [0.5, 0.6) is 0 Å². The topological polar surface area (TPSA) is 49.4 Å². The lowest BCUT2D eigenvalue weighted by atomic mass is 10.1. The lowest BCUT2D eigenvalue weighted by Gasteiger charge is -2.29. The second-order valence-corrected chi connectivity index (χ2v) is 7.66. The second-order valence-electron chi connectivity index (χ2n) is 6.27. The summed E-state index contributed by atoms with van der Waals surface area (Å²) in [5, 5.41) is 3.29. The molecule has 150 valence electrons. The van der Waals surface area contributed by atoms with Gasteiger partial charge >= 0.3 is 0 Å². The standard InChI is InChI=1S/C21H24ClFN2O2S/c1-3-24-21(27)15(2)25(12-16-8-4-6-10-18(16)22)20(26)14-28-13-17-9-5-7-11-19(17)23/h4-11,15H,3,12-14H2,1-2H3,(H,24,27)/t15-/m0/s1. The summed E-state index contributed by atoms with van der Waals surface area (Å²) in [6, 6.07) is 13.1. The van der Waals surface area contributed by atoms with Crippen molar-refractivity contribution in [3.05, 3.63) is 70.5 Å². The van der Waals surface area contributed by atoms with Crippen LogP contribution >= 0.6 is 23.4 Å². The molecule has 7 heteroatoms. The minimum atomic E-state index is -0.641. The van der Waals surface area contributed by atoms with Gasteiger partial charge in [-0.3, -0.25) is 9.59 Å². The fraction of sp³-hybridized carbons (Fsp3) is 0.333. The number of nitrogens with zero attached hydrogens (tertiary/aromatic N) is 1. The van der Waals surface area contributed by atoms with Gasteiger partial charge in [0, 0.05) is 23.9 Å². The summed E-state index contributed by atoms with van der Waals surface area (Å²) in [6.45, 7) is 4.24. The fourth-order valence-electron chi connectivity index (χ4n) is 2.66. The maximum Gasteiger partial charge on any atom is 0.242 e. The predicted octanol–water partition coefficient (Wildman–Crippen LogP) is 4.27. The highest BCUT2D eigenvalue weighted by Crippen LogP contribution is 2.21. The minimum absolute atomic E-state index is 0.141. The number of hydrogen-bond acceptors (Lipinski definition) is 3. The third-order valence-electron chi connectivity index (χ3n) is 4.26. The van der Waals surface area contributed by atoms with Gasteiger partial charge in [-0.1, -0.05) is 48.0 Å². The van der Waals surface area contributed by atoms with Crippen LogP contribution in [0.4, 0.5) is 4.39 Å². The summed E-state index contributed by atoms with van der Waals surface area (Å²) in [6.07, 6.45) is 0. The molecule has 0 bridgehead atoms. The molecule has 2 aromatic carbocycles. The van der Waals surface area contributed by atoms with E-state index in [9.17, 15) is 14.0 Å². The molecule has 1 N–H and O–H groups in total. The largest absolute Gasteiger partial charge is 0.355 e. The van der Waals surface area contributed by atoms with E-state index in [-0.39, 0.29) is 29.9 Å². The van der Waals surface area contributed by atoms with Gasteiger partial charge in [-0.2, -0.15) is 0 Å². The van der Waals surface area contributed by atoms with Gasteiger partial charge in [0.1, 0.15) is 11.9 Å². The third kappa shape index (κ3) is 6.24. The van der Waals surface area contributed by atoms with Crippen LogP contribution in [0.15, 0.2) is 48.5 Å². The Morgan fingerprint density at radius 2 is 1.79 bits per heavy atom. The summed E-state index contributed by atoms with van der Waals surface area (Å²) in [4.78, 5) is 26.7. The van der Waals surface area contributed by atoms with Crippen LogP contribution in [-0.4, -0.2) is 35.1 Å². The Morgan fingerprint density at radius 1 is 1.14 bits per heavy atom. The monoisotopic (exact) mass is 422 g/mol. The van der Waals surface area contributed by atoms with Gasteiger partial charge in [0.2, 0.25) is 11.8 Å². The molecule has 2 rings (SSSR count). The van der Waals surface area contributed by atoms with Crippen LogP contribution in [0.3, 0.4) is 0 Å². The number of amides is 2. The molecule has 0 heterocycles. The Labute approximate surface area is 174 Å². The Morgan fingerprint density at radius 3 is 2.43 bits per heavy atom. The molecule has 0 spiro atoms. The van der Waals surface area contributed by atoms with E-state index in [0.717, 1.165) is 5.56 Å². The normalized spacial score (nSPS) is 11.7. The first kappa shape index (κ1) is 22.2. The van der Waals surface area contributed by atoms with Crippen LogP contribution in [0.25, 0.3) is 0 Å². The van der Waals surface area contributed by atoms with Crippen LogP contribution in [0, 0.1) is 5.82 Å². The van der Waals surface area contributed by atoms with Gasteiger partial charge in [0.25, 0.3) is 0 Å². The van der Waals surface area contributed by atoms with E-state index in [2.05, 4.69) is 5.32 Å². The van der Waals surface area contributed by atoms with E-state index in [0.29, 0.717) is 22.9 Å². The number of thioether (sulfide) groups is 1. The van der Waals surface area contributed by atoms with Gasteiger partial charge in [0.15, 0.2) is 0 Å². The zero-order valence-corrected chi connectivity index (χ0v) is 17.5. The molecule has 0 fully saturated rings. The van der Waals surface area contributed by atoms with E-state index in [1.54, 1.807) is 31.2 Å². The Hall–Kier alpha value is -2.05. The lowest BCUT2D eigenvalue weighted by molar-refractivity contribution is -0.138. The molecule has 0 aliphatic heterocycles. The van der Waals surface area contributed by atoms with Crippen molar-refractivity contribution >= 4 is 35.2 Å². The van der Waals surface area contributed by atoms with E-state index >= 15 is 0 Å². The van der Waals surface area contributed by atoms with Gasteiger partial charge in [-0.15, -0.1) is 11.8 Å². The van der Waals surface area contributed by atoms with E-state index < -0.39 is 6.04 Å². The zero-order chi connectivity index (χ0) is 20.5. The SMILES string of the molecule is CCNC(=O)[C@H](C)N(Cc1ccccc1Cl)C(=O)CSCc1ccccc1F. The molecule has 0 saturated heterocycles. The number of benzene rings is 2. The highest BCUT2D eigenvalue weighted by molar-refractivity contribution is 7.99. The van der Waals surface area contributed by atoms with E-state index in [4.69, 9.17) is 11.6 Å². The van der Waals surface area contributed by atoms with Gasteiger partial charge in [-0.05, 0) is 37.1 Å². The molecular weight excluding hydrogens is 399 g/mol. The quantitative estimate of drug-likeness (QED) is 0.656. The van der Waals surface area contributed by atoms with Crippen molar-refractivity contribution in [1.29, 1.82) is 0 Å². The number of halogens is 2. The fourth-order valence-corrected chi connectivity index (χ4v) is 3.75. The Balaban J connectivity index is 2.08. The van der Waals surface area contributed by atoms with Crippen molar-refractivity contribution in [2.24, 2.45) is 0 Å². The molecule has 1 atom stereocenters. The van der Waals surface area contributed by atoms with Crippen molar-refractivity contribution in [2.75, 3.05) is 12.3 Å². The summed E-state index contributed by atoms with van der Waals surface area (Å²) < 4.78 is 13.7. The maximum atomic E-state index is 13.7. The molecule has 0 radical (unpaired) electrons. The molecule has 0 aliphatic rings. The summed E-state index contributed by atoms with van der Waals surface area (Å²) >= 11 is 7.55. The van der Waals surface area contributed by atoms with Crippen LogP contribution in [0.2, 0.25) is 5.02 Å².